The molecule has 6 fully saturated rings. The Labute approximate surface area is 401 Å². The van der Waals surface area contributed by atoms with E-state index >= 15 is 0 Å². The zero-order valence-corrected chi connectivity index (χ0v) is 38.5. The zero-order chi connectivity index (χ0) is 49.8. The fourth-order valence-corrected chi connectivity index (χ4v) is 12.7. The van der Waals surface area contributed by atoms with Crippen molar-refractivity contribution in [3.05, 3.63) is 120 Å². The highest BCUT2D eigenvalue weighted by atomic mass is 19.4. The quantitative estimate of drug-likeness (QED) is 0.108. The number of cyclic esters (lactones) is 2. The Morgan fingerprint density at radius 1 is 0.543 bits per heavy atom. The standard InChI is InChI=1S/2C27H28F3NO4/c2*1-14-24-20(19-9-10-23(32)25(33)21(19)12-22(24)26(34)35-14)8-7-18-6-5-16(13-31-18)15-3-2-4-17(11-15)27(28,29)30/h2*2-8,11,13-14,19-25,32-33H,9-10,12H2,1H3/b2*8-7+/t2*14-,19?,20+,21?,22?,23?,24?,25?/m11/s1. The number of carbonyl (C=O) groups is 2. The van der Waals surface area contributed by atoms with Gasteiger partial charge in [-0.1, -0.05) is 48.6 Å². The lowest BCUT2D eigenvalue weighted by atomic mass is 9.56. The van der Waals surface area contributed by atoms with E-state index < -0.39 is 47.9 Å². The largest absolute Gasteiger partial charge is 0.462 e. The number of carbonyl (C=O) groups excluding carboxylic acids is 2. The van der Waals surface area contributed by atoms with Crippen molar-refractivity contribution in [1.29, 1.82) is 0 Å². The third-order valence-electron chi connectivity index (χ3n) is 16.1. The molecule has 10 nitrogen and oxygen atoms in total. The van der Waals surface area contributed by atoms with Crippen LogP contribution in [-0.2, 0) is 31.4 Å². The molecule has 70 heavy (non-hydrogen) atoms. The molecule has 12 unspecified atom stereocenters. The lowest BCUT2D eigenvalue weighted by Crippen LogP contribution is -2.51. The minimum atomic E-state index is -4.41. The number of ether oxygens (including phenoxy) is 2. The second-order valence-electron chi connectivity index (χ2n) is 20.0. The predicted octanol–water partition coefficient (Wildman–Crippen LogP) is 9.45. The number of halogens is 6. The summed E-state index contributed by atoms with van der Waals surface area (Å²) in [6, 6.07) is 17.3. The van der Waals surface area contributed by atoms with E-state index in [4.69, 9.17) is 9.47 Å². The first-order valence-electron chi connectivity index (χ1n) is 24.0. The molecule has 4 aromatic rings. The molecule has 10 rings (SSSR count). The number of hydrogen-bond acceptors (Lipinski definition) is 10. The number of allylic oxidation sites excluding steroid dienone is 2. The van der Waals surface area contributed by atoms with Crippen LogP contribution in [0.3, 0.4) is 0 Å². The summed E-state index contributed by atoms with van der Waals surface area (Å²) in [5, 5.41) is 41.7. The fraction of sp³-hybridized carbons (Fsp3) is 0.481. The van der Waals surface area contributed by atoms with Gasteiger partial charge in [0.2, 0.25) is 0 Å². The smallest absolute Gasteiger partial charge is 0.416 e. The summed E-state index contributed by atoms with van der Waals surface area (Å²) in [5.74, 6) is -1.27. The molecule has 372 valence electrons. The maximum Gasteiger partial charge on any atom is 0.416 e. The summed E-state index contributed by atoms with van der Waals surface area (Å²) in [6.07, 6.45) is 1.89. The van der Waals surface area contributed by atoms with Gasteiger partial charge in [-0.3, -0.25) is 19.6 Å². The van der Waals surface area contributed by atoms with E-state index in [0.717, 1.165) is 37.1 Å². The number of aliphatic hydroxyl groups is 4. The summed E-state index contributed by atoms with van der Waals surface area (Å²) < 4.78 is 89.4. The topological polar surface area (TPSA) is 159 Å². The average molecular weight is 975 g/mol. The number of fused-ring (bicyclic) bond motifs is 4. The third kappa shape index (κ3) is 9.93. The molecule has 0 amide bonds. The van der Waals surface area contributed by atoms with Crippen molar-refractivity contribution in [2.45, 2.75) is 101 Å². The fourth-order valence-electron chi connectivity index (χ4n) is 12.7. The monoisotopic (exact) mass is 974 g/mol. The second kappa shape index (κ2) is 19.6. The summed E-state index contributed by atoms with van der Waals surface area (Å²) in [7, 11) is 0. The van der Waals surface area contributed by atoms with Gasteiger partial charge in [0.25, 0.3) is 0 Å². The normalized spacial score (nSPS) is 35.0. The summed E-state index contributed by atoms with van der Waals surface area (Å²) in [4.78, 5) is 33.8. The summed E-state index contributed by atoms with van der Waals surface area (Å²) in [6.45, 7) is 3.81. The van der Waals surface area contributed by atoms with Gasteiger partial charge in [-0.15, -0.1) is 0 Å². The lowest BCUT2D eigenvalue weighted by molar-refractivity contribution is -0.147. The van der Waals surface area contributed by atoms with E-state index in [1.807, 2.05) is 38.2 Å². The number of benzene rings is 2. The molecule has 6 aliphatic rings. The SMILES string of the molecule is C[C@H]1OC(=O)C2CC3C(O)C(O)CCC3[C@H](/C=C/c3ccc(-c4cccc(C(F)(F)F)c4)cn3)C21.C[C@H]1OC(=O)C2CC3C(O)C(O)CCC3[C@H](/C=C/c3ccc(-c4cccc(C(F)(F)F)c4)cn3)C21. The van der Waals surface area contributed by atoms with Gasteiger partial charge in [0, 0.05) is 35.4 Å². The minimum absolute atomic E-state index is 0.00757. The molecule has 2 saturated heterocycles. The Bertz CT molecular complexity index is 2410. The van der Waals surface area contributed by atoms with Crippen molar-refractivity contribution in [3.63, 3.8) is 0 Å². The van der Waals surface area contributed by atoms with Crippen molar-refractivity contribution >= 4 is 24.1 Å². The Hall–Kier alpha value is -5.42. The van der Waals surface area contributed by atoms with Gasteiger partial charge in [-0.2, -0.15) is 26.3 Å². The van der Waals surface area contributed by atoms with Gasteiger partial charge in [-0.05, 0) is 148 Å². The average Bonchev–Trinajstić information content (AvgIpc) is 3.80. The van der Waals surface area contributed by atoms with E-state index in [-0.39, 0.29) is 83.3 Å². The number of alkyl halides is 6. The van der Waals surface area contributed by atoms with Gasteiger partial charge in [0.1, 0.15) is 12.2 Å². The van der Waals surface area contributed by atoms with Gasteiger partial charge >= 0.3 is 24.3 Å². The molecule has 4 heterocycles. The van der Waals surface area contributed by atoms with Crippen molar-refractivity contribution in [2.24, 2.45) is 59.2 Å². The molecular weight excluding hydrogens is 919 g/mol. The lowest BCUT2D eigenvalue weighted by Gasteiger charge is -2.48. The van der Waals surface area contributed by atoms with Crippen molar-refractivity contribution in [2.75, 3.05) is 0 Å². The molecule has 2 aliphatic heterocycles. The number of nitrogens with zero attached hydrogens (tertiary/aromatic N) is 2. The zero-order valence-electron chi connectivity index (χ0n) is 38.5. The molecule has 0 bridgehead atoms. The first-order chi connectivity index (χ1) is 33.3. The number of esters is 2. The Morgan fingerprint density at radius 2 is 0.943 bits per heavy atom. The van der Waals surface area contributed by atoms with E-state index in [0.29, 0.717) is 59.3 Å². The van der Waals surface area contributed by atoms with Crippen molar-refractivity contribution < 1.29 is 65.8 Å². The molecule has 2 aromatic carbocycles. The number of hydrogen-bond donors (Lipinski definition) is 4. The van der Waals surface area contributed by atoms with Gasteiger partial charge in [0.05, 0.1) is 58.8 Å². The number of aromatic nitrogens is 2. The first kappa shape index (κ1) is 49.6. The van der Waals surface area contributed by atoms with Crippen LogP contribution in [0, 0.1) is 59.2 Å². The molecule has 0 spiro atoms. The Morgan fingerprint density at radius 3 is 1.30 bits per heavy atom. The van der Waals surface area contributed by atoms with E-state index in [2.05, 4.69) is 9.97 Å². The summed E-state index contributed by atoms with van der Waals surface area (Å²) >= 11 is 0. The van der Waals surface area contributed by atoms with Crippen LogP contribution < -0.4 is 0 Å². The third-order valence-corrected chi connectivity index (χ3v) is 16.1. The highest BCUT2D eigenvalue weighted by Gasteiger charge is 2.58. The molecule has 2 aromatic heterocycles. The number of aliphatic hydroxyl groups excluding tert-OH is 4. The van der Waals surface area contributed by atoms with Crippen molar-refractivity contribution in [3.8, 4) is 22.3 Å². The highest BCUT2D eigenvalue weighted by molar-refractivity contribution is 5.76. The van der Waals surface area contributed by atoms with Crippen LogP contribution in [-0.4, -0.2) is 79.0 Å². The van der Waals surface area contributed by atoms with Crippen LogP contribution in [0.25, 0.3) is 34.4 Å². The summed E-state index contributed by atoms with van der Waals surface area (Å²) in [5.41, 5.74) is 1.92. The van der Waals surface area contributed by atoms with E-state index in [1.165, 1.54) is 12.1 Å². The van der Waals surface area contributed by atoms with Gasteiger partial charge in [-0.25, -0.2) is 0 Å². The number of pyridine rings is 2. The molecule has 4 N–H and O–H groups in total. The van der Waals surface area contributed by atoms with Gasteiger partial charge in [0.15, 0.2) is 0 Å². The van der Waals surface area contributed by atoms with E-state index in [1.54, 1.807) is 48.8 Å². The van der Waals surface area contributed by atoms with Crippen LogP contribution in [0.1, 0.15) is 74.9 Å². The van der Waals surface area contributed by atoms with Crippen molar-refractivity contribution in [1.82, 2.24) is 9.97 Å². The number of rotatable bonds is 6. The molecule has 0 radical (unpaired) electrons. The molecule has 4 aliphatic carbocycles. The molecule has 16 heteroatoms. The second-order valence-corrected chi connectivity index (χ2v) is 20.0. The van der Waals surface area contributed by atoms with Crippen LogP contribution in [0.5, 0.6) is 0 Å². The van der Waals surface area contributed by atoms with Crippen LogP contribution >= 0.6 is 0 Å². The maximum atomic E-state index is 13.0. The molecule has 4 saturated carbocycles. The van der Waals surface area contributed by atoms with Crippen LogP contribution in [0.15, 0.2) is 97.3 Å². The van der Waals surface area contributed by atoms with Gasteiger partial charge < -0.3 is 29.9 Å². The Balaban J connectivity index is 0.000000174. The Kier molecular flexibility index (Phi) is 13.9. The highest BCUT2D eigenvalue weighted by Crippen LogP contribution is 2.55. The molecule has 16 atom stereocenters. The van der Waals surface area contributed by atoms with Crippen LogP contribution in [0.2, 0.25) is 0 Å². The van der Waals surface area contributed by atoms with Crippen LogP contribution in [0.4, 0.5) is 26.3 Å². The van der Waals surface area contributed by atoms with E-state index in [9.17, 15) is 56.4 Å². The molecular formula is C54H56F6N2O8. The minimum Gasteiger partial charge on any atom is -0.462 e. The predicted molar refractivity (Wildman–Crippen MR) is 245 cm³/mol. The maximum absolute atomic E-state index is 13.0. The first-order valence-corrected chi connectivity index (χ1v) is 24.0.